The summed E-state index contributed by atoms with van der Waals surface area (Å²) >= 11 is 0. The van der Waals surface area contributed by atoms with Crippen molar-refractivity contribution in [2.24, 2.45) is 21.7 Å². The van der Waals surface area contributed by atoms with Crippen molar-refractivity contribution in [2.75, 3.05) is 0 Å². The van der Waals surface area contributed by atoms with Crippen LogP contribution in [0.25, 0.3) is 0 Å². The van der Waals surface area contributed by atoms with Crippen molar-refractivity contribution in [3.05, 3.63) is 0 Å². The summed E-state index contributed by atoms with van der Waals surface area (Å²) in [6.45, 7) is 0. The van der Waals surface area contributed by atoms with Gasteiger partial charge in [-0.1, -0.05) is 25.7 Å². The smallest absolute Gasteiger partial charge is 0.0173 e. The fourth-order valence-electron chi connectivity index (χ4n) is 8.87. The van der Waals surface area contributed by atoms with E-state index in [0.29, 0.717) is 0 Å². The molecule has 0 amide bonds. The minimum absolute atomic E-state index is 0.896. The van der Waals surface area contributed by atoms with Crippen molar-refractivity contribution in [1.82, 2.24) is 0 Å². The van der Waals surface area contributed by atoms with Crippen LogP contribution in [-0.4, -0.2) is 0 Å². The normalized spacial score (nSPS) is 66.0. The lowest BCUT2D eigenvalue weighted by Gasteiger charge is -2.75. The van der Waals surface area contributed by atoms with Crippen LogP contribution in [0.15, 0.2) is 0 Å². The fourth-order valence-corrected chi connectivity index (χ4v) is 8.87. The van der Waals surface area contributed by atoms with Gasteiger partial charge in [0, 0.05) is 0 Å². The first-order valence-electron chi connectivity index (χ1n) is 7.83. The van der Waals surface area contributed by atoms with E-state index in [4.69, 9.17) is 0 Å². The predicted molar refractivity (Wildman–Crippen MR) is 65.1 cm³/mol. The Kier molecular flexibility index (Phi) is 1.28. The summed E-state index contributed by atoms with van der Waals surface area (Å²) in [6, 6.07) is 0. The van der Waals surface area contributed by atoms with Gasteiger partial charge in [-0.05, 0) is 73.0 Å². The summed E-state index contributed by atoms with van der Waals surface area (Å²) in [4.78, 5) is 0. The van der Waals surface area contributed by atoms with E-state index in [2.05, 4.69) is 0 Å². The van der Waals surface area contributed by atoms with Crippen LogP contribution in [0.4, 0.5) is 0 Å². The van der Waals surface area contributed by atoms with Gasteiger partial charge in [0.2, 0.25) is 0 Å². The molecule has 0 heterocycles. The zero-order chi connectivity index (χ0) is 10.5. The molecule has 0 aromatic carbocycles. The molecule has 0 radical (unpaired) electrons. The topological polar surface area (TPSA) is 0 Å². The molecule has 0 N–H and O–H groups in total. The summed E-state index contributed by atoms with van der Waals surface area (Å²) in [7, 11) is 0. The van der Waals surface area contributed by atoms with Crippen molar-refractivity contribution >= 4 is 0 Å². The molecule has 0 nitrogen and oxygen atoms in total. The SMILES string of the molecule is C1CC23CCCC24CCCC42CCCC32C1. The Labute approximate surface area is 99.2 Å². The molecule has 0 heteroatoms. The average molecular weight is 216 g/mol. The van der Waals surface area contributed by atoms with Gasteiger partial charge >= 0.3 is 0 Å². The Morgan fingerprint density at radius 2 is 0.500 bits per heavy atom. The van der Waals surface area contributed by atoms with E-state index in [0.717, 1.165) is 21.7 Å². The summed E-state index contributed by atoms with van der Waals surface area (Å²) in [6.07, 6.45) is 19.4. The summed E-state index contributed by atoms with van der Waals surface area (Å²) in [5, 5.41) is 0. The Balaban J connectivity index is 1.81. The zero-order valence-corrected chi connectivity index (χ0v) is 10.5. The van der Waals surface area contributed by atoms with E-state index in [1.54, 1.807) is 77.0 Å². The first-order valence-corrected chi connectivity index (χ1v) is 7.83. The third kappa shape index (κ3) is 0.512. The molecule has 5 aliphatic carbocycles. The molecule has 0 atom stereocenters. The van der Waals surface area contributed by atoms with Crippen molar-refractivity contribution in [1.29, 1.82) is 0 Å². The monoisotopic (exact) mass is 216 g/mol. The Hall–Kier alpha value is 0. The van der Waals surface area contributed by atoms with E-state index in [-0.39, 0.29) is 0 Å². The molecule has 0 aromatic rings. The summed E-state index contributed by atoms with van der Waals surface area (Å²) in [5.74, 6) is 0. The Morgan fingerprint density at radius 3 is 0.688 bits per heavy atom. The third-order valence-electron chi connectivity index (χ3n) is 8.49. The van der Waals surface area contributed by atoms with Crippen molar-refractivity contribution in [3.8, 4) is 0 Å². The highest BCUT2D eigenvalue weighted by atomic mass is 14.9. The quantitative estimate of drug-likeness (QED) is 0.551. The van der Waals surface area contributed by atoms with Gasteiger partial charge in [-0.25, -0.2) is 0 Å². The summed E-state index contributed by atoms with van der Waals surface area (Å²) < 4.78 is 0. The van der Waals surface area contributed by atoms with Crippen LogP contribution in [0.5, 0.6) is 0 Å². The van der Waals surface area contributed by atoms with Crippen molar-refractivity contribution < 1.29 is 0 Å². The predicted octanol–water partition coefficient (Wildman–Crippen LogP) is 4.68. The first kappa shape index (κ1) is 9.00. The molecule has 5 rings (SSSR count). The molecule has 0 unspecified atom stereocenters. The van der Waals surface area contributed by atoms with Crippen LogP contribution in [0, 0.1) is 21.7 Å². The molecular weight excluding hydrogens is 192 g/mol. The molecular formula is C16H24. The van der Waals surface area contributed by atoms with Crippen LogP contribution < -0.4 is 0 Å². The van der Waals surface area contributed by atoms with Crippen LogP contribution >= 0.6 is 0 Å². The molecule has 4 spiro atoms. The van der Waals surface area contributed by atoms with E-state index < -0.39 is 0 Å². The Bertz CT molecular complexity index is 260. The summed E-state index contributed by atoms with van der Waals surface area (Å²) in [5.41, 5.74) is 3.58. The third-order valence-corrected chi connectivity index (χ3v) is 8.49. The Morgan fingerprint density at radius 1 is 0.312 bits per heavy atom. The van der Waals surface area contributed by atoms with Gasteiger partial charge in [0.15, 0.2) is 0 Å². The lowest BCUT2D eigenvalue weighted by molar-refractivity contribution is -0.283. The molecule has 88 valence electrons. The van der Waals surface area contributed by atoms with Gasteiger partial charge < -0.3 is 0 Å². The van der Waals surface area contributed by atoms with Gasteiger partial charge in [0.05, 0.1) is 0 Å². The van der Waals surface area contributed by atoms with Gasteiger partial charge in [-0.2, -0.15) is 0 Å². The van der Waals surface area contributed by atoms with E-state index in [9.17, 15) is 0 Å². The lowest BCUT2D eigenvalue weighted by Crippen LogP contribution is -2.70. The maximum absolute atomic E-state index is 1.63. The molecule has 16 heavy (non-hydrogen) atoms. The lowest BCUT2D eigenvalue weighted by atomic mass is 9.28. The van der Waals surface area contributed by atoms with E-state index >= 15 is 0 Å². The highest BCUT2D eigenvalue weighted by molar-refractivity contribution is 5.37. The molecule has 0 saturated heterocycles. The van der Waals surface area contributed by atoms with Gasteiger partial charge in [0.1, 0.15) is 0 Å². The highest BCUT2D eigenvalue weighted by Crippen LogP contribution is 2.96. The fraction of sp³-hybridized carbons (Fsp3) is 1.00. The highest BCUT2D eigenvalue weighted by Gasteiger charge is 2.88. The van der Waals surface area contributed by atoms with Gasteiger partial charge in [0.25, 0.3) is 0 Å². The molecule has 5 saturated carbocycles. The van der Waals surface area contributed by atoms with Gasteiger partial charge in [-0.15, -0.1) is 0 Å². The van der Waals surface area contributed by atoms with E-state index in [1.165, 1.54) is 0 Å². The number of hydrogen-bond acceptors (Lipinski definition) is 0. The maximum Gasteiger partial charge on any atom is -0.0173 e. The first-order chi connectivity index (χ1) is 7.83. The van der Waals surface area contributed by atoms with Crippen LogP contribution in [0.3, 0.4) is 0 Å². The van der Waals surface area contributed by atoms with Crippen LogP contribution in [-0.2, 0) is 0 Å². The van der Waals surface area contributed by atoms with Crippen LogP contribution in [0.2, 0.25) is 0 Å². The average Bonchev–Trinajstić information content (AvgIpc) is 2.99. The molecule has 5 aliphatic rings. The second-order valence-electron chi connectivity index (χ2n) is 7.74. The number of hydrogen-bond donors (Lipinski definition) is 0. The van der Waals surface area contributed by atoms with E-state index in [1.807, 2.05) is 0 Å². The zero-order valence-electron chi connectivity index (χ0n) is 10.5. The second kappa shape index (κ2) is 2.27. The molecule has 5 fully saturated rings. The molecule has 0 aliphatic heterocycles. The minimum atomic E-state index is 0.896. The standard InChI is InChI=1S/C16H24/c1-5-13-7-2-9-15(13)11-4-12-16(15)10-3-8-14(13,16)6-1/h1-12H2. The van der Waals surface area contributed by atoms with Gasteiger partial charge in [-0.3, -0.25) is 0 Å². The number of rotatable bonds is 0. The minimum Gasteiger partial charge on any atom is -0.0522 e. The van der Waals surface area contributed by atoms with Crippen LogP contribution in [0.1, 0.15) is 77.0 Å². The molecule has 0 bridgehead atoms. The second-order valence-corrected chi connectivity index (χ2v) is 7.74. The molecule has 0 aromatic heterocycles. The largest absolute Gasteiger partial charge is 0.0522 e. The van der Waals surface area contributed by atoms with Crippen molar-refractivity contribution in [2.45, 2.75) is 77.0 Å². The maximum atomic E-state index is 1.63. The van der Waals surface area contributed by atoms with Crippen molar-refractivity contribution in [3.63, 3.8) is 0 Å².